The smallest absolute Gasteiger partial charge is 0.244 e. The Kier molecular flexibility index (Phi) is 10.1. The summed E-state index contributed by atoms with van der Waals surface area (Å²) in [5, 5.41) is 3.69. The SMILES string of the molecule is CC[C@H](C)NC(=O)[C@@H](C)N(Cc1ccccc1Cl)C(=O)CN(c1ccc(Cl)c(Cl)c1)S(C)(=O)=O. The second-order valence-electron chi connectivity index (χ2n) is 7.97. The van der Waals surface area contributed by atoms with Gasteiger partial charge in [0.1, 0.15) is 12.6 Å². The third kappa shape index (κ3) is 7.50. The van der Waals surface area contributed by atoms with E-state index in [9.17, 15) is 18.0 Å². The van der Waals surface area contributed by atoms with E-state index in [-0.39, 0.29) is 34.2 Å². The molecule has 0 heterocycles. The van der Waals surface area contributed by atoms with Gasteiger partial charge in [-0.15, -0.1) is 0 Å². The lowest BCUT2D eigenvalue weighted by Gasteiger charge is -2.32. The number of carbonyl (C=O) groups is 2. The molecule has 0 aliphatic rings. The predicted octanol–water partition coefficient (Wildman–Crippen LogP) is 4.74. The van der Waals surface area contributed by atoms with E-state index < -0.39 is 28.5 Å². The topological polar surface area (TPSA) is 86.8 Å². The second kappa shape index (κ2) is 12.1. The van der Waals surface area contributed by atoms with E-state index in [0.29, 0.717) is 10.6 Å². The summed E-state index contributed by atoms with van der Waals surface area (Å²) in [5.74, 6) is -0.932. The molecule has 11 heteroatoms. The van der Waals surface area contributed by atoms with Crippen LogP contribution in [-0.4, -0.2) is 50.0 Å². The Bertz CT molecular complexity index is 1140. The lowest BCUT2D eigenvalue weighted by atomic mass is 10.1. The van der Waals surface area contributed by atoms with E-state index in [2.05, 4.69) is 5.32 Å². The summed E-state index contributed by atoms with van der Waals surface area (Å²) in [6.45, 7) is 4.87. The molecule has 0 unspecified atom stereocenters. The van der Waals surface area contributed by atoms with Gasteiger partial charge >= 0.3 is 0 Å². The van der Waals surface area contributed by atoms with Crippen LogP contribution in [0.15, 0.2) is 42.5 Å². The molecule has 0 saturated carbocycles. The van der Waals surface area contributed by atoms with Crippen LogP contribution >= 0.6 is 34.8 Å². The molecular weight excluding hydrogens is 521 g/mol. The average molecular weight is 549 g/mol. The van der Waals surface area contributed by atoms with Crippen molar-refractivity contribution in [2.75, 3.05) is 17.1 Å². The molecule has 34 heavy (non-hydrogen) atoms. The first-order chi connectivity index (χ1) is 15.8. The van der Waals surface area contributed by atoms with Crippen molar-refractivity contribution in [2.45, 2.75) is 45.8 Å². The standard InChI is InChI=1S/C23H28Cl3N3O4S/c1-5-15(2)27-23(31)16(3)28(13-17-8-6-7-9-19(17)24)22(30)14-29(34(4,32)33)18-10-11-20(25)21(26)12-18/h6-12,15-16H,5,13-14H2,1-4H3,(H,27,31)/t15-,16+/m0/s1. The Morgan fingerprint density at radius 3 is 2.21 bits per heavy atom. The molecule has 0 spiro atoms. The molecule has 2 aromatic rings. The minimum Gasteiger partial charge on any atom is -0.352 e. The monoisotopic (exact) mass is 547 g/mol. The molecule has 0 saturated heterocycles. The summed E-state index contributed by atoms with van der Waals surface area (Å²) < 4.78 is 26.1. The molecule has 2 atom stereocenters. The number of benzene rings is 2. The minimum absolute atomic E-state index is 0.0204. The summed E-state index contributed by atoms with van der Waals surface area (Å²) in [6.07, 6.45) is 1.70. The first-order valence-corrected chi connectivity index (χ1v) is 13.6. The highest BCUT2D eigenvalue weighted by Gasteiger charge is 2.31. The van der Waals surface area contributed by atoms with Crippen molar-refractivity contribution in [3.63, 3.8) is 0 Å². The van der Waals surface area contributed by atoms with Crippen LogP contribution in [0.1, 0.15) is 32.8 Å². The van der Waals surface area contributed by atoms with Crippen LogP contribution < -0.4 is 9.62 Å². The molecule has 7 nitrogen and oxygen atoms in total. The van der Waals surface area contributed by atoms with E-state index in [1.807, 2.05) is 13.8 Å². The Labute approximate surface area is 216 Å². The number of sulfonamides is 1. The molecule has 0 aliphatic carbocycles. The van der Waals surface area contributed by atoms with Crippen LogP contribution in [-0.2, 0) is 26.2 Å². The van der Waals surface area contributed by atoms with Gasteiger partial charge in [0.2, 0.25) is 21.8 Å². The molecule has 186 valence electrons. The molecule has 2 aromatic carbocycles. The van der Waals surface area contributed by atoms with Crippen molar-refractivity contribution in [3.8, 4) is 0 Å². The number of halogens is 3. The van der Waals surface area contributed by atoms with Crippen LogP contribution in [0.3, 0.4) is 0 Å². The zero-order chi connectivity index (χ0) is 25.6. The van der Waals surface area contributed by atoms with Crippen LogP contribution in [0.4, 0.5) is 5.69 Å². The van der Waals surface area contributed by atoms with Crippen LogP contribution in [0, 0.1) is 0 Å². The maximum Gasteiger partial charge on any atom is 0.244 e. The predicted molar refractivity (Wildman–Crippen MR) is 138 cm³/mol. The number of hydrogen-bond acceptors (Lipinski definition) is 4. The van der Waals surface area contributed by atoms with Gasteiger partial charge in [-0.05, 0) is 50.1 Å². The molecule has 0 aromatic heterocycles. The van der Waals surface area contributed by atoms with E-state index >= 15 is 0 Å². The fraction of sp³-hybridized carbons (Fsp3) is 0.391. The second-order valence-corrected chi connectivity index (χ2v) is 11.1. The first kappa shape index (κ1) is 28.2. The Morgan fingerprint density at radius 1 is 1.00 bits per heavy atom. The average Bonchev–Trinajstić information content (AvgIpc) is 2.77. The van der Waals surface area contributed by atoms with Crippen molar-refractivity contribution >= 4 is 62.3 Å². The lowest BCUT2D eigenvalue weighted by molar-refractivity contribution is -0.139. The van der Waals surface area contributed by atoms with Crippen LogP contribution in [0.2, 0.25) is 15.1 Å². The van der Waals surface area contributed by atoms with Crippen molar-refractivity contribution in [1.29, 1.82) is 0 Å². The van der Waals surface area contributed by atoms with E-state index in [1.54, 1.807) is 31.2 Å². The number of carbonyl (C=O) groups excluding carboxylic acids is 2. The van der Waals surface area contributed by atoms with E-state index in [4.69, 9.17) is 34.8 Å². The Hall–Kier alpha value is -2.00. The van der Waals surface area contributed by atoms with Crippen molar-refractivity contribution < 1.29 is 18.0 Å². The quantitative estimate of drug-likeness (QED) is 0.464. The number of nitrogens with zero attached hydrogens (tertiary/aromatic N) is 2. The molecule has 0 bridgehead atoms. The zero-order valence-corrected chi connectivity index (χ0v) is 22.5. The molecule has 0 fully saturated rings. The summed E-state index contributed by atoms with van der Waals surface area (Å²) >= 11 is 18.3. The molecule has 0 radical (unpaired) electrons. The highest BCUT2D eigenvalue weighted by Crippen LogP contribution is 2.29. The van der Waals surface area contributed by atoms with Crippen LogP contribution in [0.5, 0.6) is 0 Å². The van der Waals surface area contributed by atoms with E-state index in [0.717, 1.165) is 17.0 Å². The Balaban J connectivity index is 2.42. The normalized spacial score (nSPS) is 13.1. The maximum atomic E-state index is 13.5. The highest BCUT2D eigenvalue weighted by atomic mass is 35.5. The van der Waals surface area contributed by atoms with Gasteiger partial charge in [0, 0.05) is 17.6 Å². The van der Waals surface area contributed by atoms with Gasteiger partial charge in [0.05, 0.1) is 22.0 Å². The van der Waals surface area contributed by atoms with Gasteiger partial charge in [-0.3, -0.25) is 13.9 Å². The van der Waals surface area contributed by atoms with Crippen molar-refractivity contribution in [1.82, 2.24) is 10.2 Å². The molecule has 1 N–H and O–H groups in total. The fourth-order valence-electron chi connectivity index (χ4n) is 3.11. The van der Waals surface area contributed by atoms with E-state index in [1.165, 1.54) is 23.1 Å². The van der Waals surface area contributed by atoms with Gasteiger partial charge in [-0.2, -0.15) is 0 Å². The molecule has 2 rings (SSSR count). The minimum atomic E-state index is -3.87. The van der Waals surface area contributed by atoms with Gasteiger partial charge < -0.3 is 10.2 Å². The van der Waals surface area contributed by atoms with Gasteiger partial charge in [0.25, 0.3) is 0 Å². The maximum absolute atomic E-state index is 13.5. The summed E-state index contributed by atoms with van der Waals surface area (Å²) in [7, 11) is -3.87. The number of rotatable bonds is 10. The summed E-state index contributed by atoms with van der Waals surface area (Å²) in [5.41, 5.74) is 0.806. The lowest BCUT2D eigenvalue weighted by Crippen LogP contribution is -2.52. The largest absolute Gasteiger partial charge is 0.352 e. The van der Waals surface area contributed by atoms with Crippen molar-refractivity contribution in [3.05, 3.63) is 63.1 Å². The number of nitrogens with one attached hydrogen (secondary N) is 1. The number of amides is 2. The molecule has 2 amide bonds. The molecular formula is C23H28Cl3N3O4S. The first-order valence-electron chi connectivity index (χ1n) is 10.6. The van der Waals surface area contributed by atoms with Crippen LogP contribution in [0.25, 0.3) is 0 Å². The summed E-state index contributed by atoms with van der Waals surface area (Å²) in [4.78, 5) is 27.7. The third-order valence-corrected chi connectivity index (χ3v) is 7.59. The number of anilines is 1. The van der Waals surface area contributed by atoms with Gasteiger partial charge in [-0.1, -0.05) is 59.9 Å². The summed E-state index contributed by atoms with van der Waals surface area (Å²) in [6, 6.07) is 10.3. The third-order valence-electron chi connectivity index (χ3n) is 5.34. The Morgan fingerprint density at radius 2 is 1.65 bits per heavy atom. The van der Waals surface area contributed by atoms with Crippen molar-refractivity contribution in [2.24, 2.45) is 0 Å². The van der Waals surface area contributed by atoms with Gasteiger partial charge in [-0.25, -0.2) is 8.42 Å². The molecule has 0 aliphatic heterocycles. The number of hydrogen-bond donors (Lipinski definition) is 1. The zero-order valence-electron chi connectivity index (χ0n) is 19.4. The van der Waals surface area contributed by atoms with Gasteiger partial charge in [0.15, 0.2) is 0 Å². The fourth-order valence-corrected chi connectivity index (χ4v) is 4.44. The highest BCUT2D eigenvalue weighted by molar-refractivity contribution is 7.92.